The summed E-state index contributed by atoms with van der Waals surface area (Å²) in [5.74, 6) is -2.45. The number of halogens is 3. The van der Waals surface area contributed by atoms with Gasteiger partial charge in [0.25, 0.3) is 0 Å². The highest BCUT2D eigenvalue weighted by molar-refractivity contribution is 5.75. The molecular weight excluding hydrogens is 167 g/mol. The molecule has 0 aliphatic rings. The number of carbonyl (C=O) groups is 1. The van der Waals surface area contributed by atoms with E-state index >= 15 is 0 Å². The molecular formula is C4H6F3NO3. The minimum absolute atomic E-state index is 0.568. The van der Waals surface area contributed by atoms with Gasteiger partial charge in [0, 0.05) is 0 Å². The lowest BCUT2D eigenvalue weighted by molar-refractivity contribution is -0.218. The molecule has 0 spiro atoms. The first-order valence-corrected chi connectivity index (χ1v) is 2.54. The van der Waals surface area contributed by atoms with E-state index in [4.69, 9.17) is 5.11 Å². The quantitative estimate of drug-likeness (QED) is 0.430. The zero-order chi connectivity index (χ0) is 9.07. The molecule has 0 aliphatic heterocycles. The smallest absolute Gasteiger partial charge is 0.428 e. The maximum absolute atomic E-state index is 11.3. The molecule has 0 aromatic carbocycles. The lowest BCUT2D eigenvalue weighted by atomic mass is 10.6. The first-order chi connectivity index (χ1) is 4.88. The van der Waals surface area contributed by atoms with Crippen LogP contribution in [0.2, 0.25) is 0 Å². The molecule has 0 bridgehead atoms. The van der Waals surface area contributed by atoms with Gasteiger partial charge < -0.3 is 15.6 Å². The van der Waals surface area contributed by atoms with Gasteiger partial charge in [-0.2, -0.15) is 13.2 Å². The van der Waals surface area contributed by atoms with Gasteiger partial charge in [0.1, 0.15) is 0 Å². The van der Waals surface area contributed by atoms with Gasteiger partial charge in [-0.15, -0.1) is 0 Å². The Morgan fingerprint density at radius 3 is 2.36 bits per heavy atom. The Morgan fingerprint density at radius 1 is 1.64 bits per heavy atom. The monoisotopic (exact) mass is 173 g/mol. The third kappa shape index (κ3) is 3.79. The standard InChI is InChI=1S/C4H6F3NO3/c5-4(6,7)3(10)11-2(9)1-8/h2,9H,1,8H2. The number of hydrogen-bond donors (Lipinski definition) is 2. The van der Waals surface area contributed by atoms with Gasteiger partial charge >= 0.3 is 12.1 Å². The predicted octanol–water partition coefficient (Wildman–Crippen LogP) is -0.631. The lowest BCUT2D eigenvalue weighted by Gasteiger charge is -2.10. The number of carbonyl (C=O) groups excluding carboxylic acids is 1. The van der Waals surface area contributed by atoms with Crippen LogP contribution in [0.1, 0.15) is 0 Å². The van der Waals surface area contributed by atoms with Crippen molar-refractivity contribution in [1.29, 1.82) is 0 Å². The number of aliphatic hydroxyl groups excluding tert-OH is 1. The van der Waals surface area contributed by atoms with Crippen LogP contribution in [-0.4, -0.2) is 30.1 Å². The van der Waals surface area contributed by atoms with Crippen molar-refractivity contribution in [2.45, 2.75) is 12.5 Å². The molecule has 0 aromatic heterocycles. The maximum Gasteiger partial charge on any atom is 0.491 e. The van der Waals surface area contributed by atoms with Crippen molar-refractivity contribution in [1.82, 2.24) is 0 Å². The number of ether oxygens (including phenoxy) is 1. The highest BCUT2D eigenvalue weighted by Crippen LogP contribution is 2.16. The van der Waals surface area contributed by atoms with Crippen LogP contribution in [0.4, 0.5) is 13.2 Å². The van der Waals surface area contributed by atoms with E-state index in [9.17, 15) is 18.0 Å². The van der Waals surface area contributed by atoms with Crippen LogP contribution in [0.3, 0.4) is 0 Å². The second kappa shape index (κ2) is 3.54. The van der Waals surface area contributed by atoms with Crippen LogP contribution in [0, 0.1) is 0 Å². The van der Waals surface area contributed by atoms with E-state index in [0.717, 1.165) is 0 Å². The fraction of sp³-hybridized carbons (Fsp3) is 0.750. The molecule has 4 nitrogen and oxygen atoms in total. The van der Waals surface area contributed by atoms with Crippen molar-refractivity contribution in [3.63, 3.8) is 0 Å². The van der Waals surface area contributed by atoms with Crippen molar-refractivity contribution in [2.24, 2.45) is 5.73 Å². The number of esters is 1. The Morgan fingerprint density at radius 2 is 2.09 bits per heavy atom. The van der Waals surface area contributed by atoms with Crippen molar-refractivity contribution in [3.05, 3.63) is 0 Å². The molecule has 1 atom stereocenters. The van der Waals surface area contributed by atoms with Crippen molar-refractivity contribution in [3.8, 4) is 0 Å². The fourth-order valence-corrected chi connectivity index (χ4v) is 0.238. The Bertz CT molecular complexity index is 146. The molecule has 0 aliphatic carbocycles. The number of rotatable bonds is 2. The van der Waals surface area contributed by atoms with E-state index in [0.29, 0.717) is 0 Å². The molecule has 0 saturated heterocycles. The Hall–Kier alpha value is -0.820. The maximum atomic E-state index is 11.3. The van der Waals surface area contributed by atoms with Crippen LogP contribution in [-0.2, 0) is 9.53 Å². The molecule has 0 aromatic rings. The van der Waals surface area contributed by atoms with Gasteiger partial charge in [0.05, 0.1) is 6.54 Å². The first-order valence-electron chi connectivity index (χ1n) is 2.54. The van der Waals surface area contributed by atoms with Crippen LogP contribution >= 0.6 is 0 Å². The predicted molar refractivity (Wildman–Crippen MR) is 27.2 cm³/mol. The summed E-state index contributed by atoms with van der Waals surface area (Å²) in [7, 11) is 0. The summed E-state index contributed by atoms with van der Waals surface area (Å²) < 4.78 is 37.4. The average Bonchev–Trinajstić information content (AvgIpc) is 1.85. The van der Waals surface area contributed by atoms with Gasteiger partial charge in [-0.25, -0.2) is 4.79 Å². The molecule has 0 heterocycles. The summed E-state index contributed by atoms with van der Waals surface area (Å²) in [5.41, 5.74) is 4.67. The minimum Gasteiger partial charge on any atom is -0.428 e. The van der Waals surface area contributed by atoms with E-state index in [1.807, 2.05) is 0 Å². The molecule has 0 rings (SSSR count). The Kier molecular flexibility index (Phi) is 3.27. The zero-order valence-electron chi connectivity index (χ0n) is 5.26. The second-order valence-electron chi connectivity index (χ2n) is 1.59. The lowest BCUT2D eigenvalue weighted by Crippen LogP contribution is -2.33. The summed E-state index contributed by atoms with van der Waals surface area (Å²) >= 11 is 0. The van der Waals surface area contributed by atoms with Crippen LogP contribution in [0.5, 0.6) is 0 Å². The van der Waals surface area contributed by atoms with Crippen LogP contribution in [0.25, 0.3) is 0 Å². The van der Waals surface area contributed by atoms with Crippen LogP contribution in [0.15, 0.2) is 0 Å². The summed E-state index contributed by atoms with van der Waals surface area (Å²) in [5, 5.41) is 8.32. The van der Waals surface area contributed by atoms with E-state index in [1.54, 1.807) is 0 Å². The molecule has 0 fully saturated rings. The normalized spacial score (nSPS) is 14.3. The average molecular weight is 173 g/mol. The topological polar surface area (TPSA) is 72.6 Å². The summed E-state index contributed by atoms with van der Waals surface area (Å²) in [6.07, 6.45) is -6.99. The summed E-state index contributed by atoms with van der Waals surface area (Å²) in [6.45, 7) is -0.568. The molecule has 0 radical (unpaired) electrons. The Balaban J connectivity index is 3.88. The van der Waals surface area contributed by atoms with Gasteiger partial charge in [-0.1, -0.05) is 0 Å². The first kappa shape index (κ1) is 10.2. The third-order valence-corrected chi connectivity index (χ3v) is 0.676. The molecule has 7 heteroatoms. The SMILES string of the molecule is NCC(O)OC(=O)C(F)(F)F. The summed E-state index contributed by atoms with van der Waals surface area (Å²) in [6, 6.07) is 0. The van der Waals surface area contributed by atoms with Gasteiger partial charge in [-0.05, 0) is 0 Å². The largest absolute Gasteiger partial charge is 0.491 e. The van der Waals surface area contributed by atoms with Gasteiger partial charge in [0.2, 0.25) is 6.29 Å². The van der Waals surface area contributed by atoms with Gasteiger partial charge in [0.15, 0.2) is 0 Å². The molecule has 0 amide bonds. The van der Waals surface area contributed by atoms with E-state index in [1.165, 1.54) is 0 Å². The fourth-order valence-electron chi connectivity index (χ4n) is 0.238. The number of hydrogen-bond acceptors (Lipinski definition) is 4. The third-order valence-electron chi connectivity index (χ3n) is 0.676. The highest BCUT2D eigenvalue weighted by Gasteiger charge is 2.41. The molecule has 66 valence electrons. The molecule has 3 N–H and O–H groups in total. The van der Waals surface area contributed by atoms with Crippen molar-refractivity contribution < 1.29 is 27.8 Å². The van der Waals surface area contributed by atoms with Crippen molar-refractivity contribution >= 4 is 5.97 Å². The van der Waals surface area contributed by atoms with Crippen molar-refractivity contribution in [2.75, 3.05) is 6.54 Å². The van der Waals surface area contributed by atoms with Crippen LogP contribution < -0.4 is 5.73 Å². The Labute approximate surface area is 59.7 Å². The molecule has 11 heavy (non-hydrogen) atoms. The minimum atomic E-state index is -5.09. The number of alkyl halides is 3. The zero-order valence-corrected chi connectivity index (χ0v) is 5.26. The summed E-state index contributed by atoms with van der Waals surface area (Å²) in [4.78, 5) is 9.87. The van der Waals surface area contributed by atoms with E-state index in [2.05, 4.69) is 10.5 Å². The number of aliphatic hydroxyl groups is 1. The second-order valence-corrected chi connectivity index (χ2v) is 1.59. The highest BCUT2D eigenvalue weighted by atomic mass is 19.4. The van der Waals surface area contributed by atoms with Gasteiger partial charge in [-0.3, -0.25) is 0 Å². The van der Waals surface area contributed by atoms with E-state index < -0.39 is 25.0 Å². The van der Waals surface area contributed by atoms with E-state index in [-0.39, 0.29) is 0 Å². The molecule has 1 unspecified atom stereocenters. The molecule has 0 saturated carbocycles. The number of nitrogens with two attached hydrogens (primary N) is 1.